The number of amides is 1. The standard InChI is InChI=1S/C31H42N6O3/c1-20-17-36(15-16-39-19-20)30(38)26-7-5-24(6-8-26)25-9-11-27(12-10-25)35-14-13-28(18-35)40-29-21(2)32-31-33-23(4)34-37(31)22(29)3/h9-12,20,24,26,28H,5-8,13-19H2,1-4H3/t20-,24?,26?,28+/m0/s1. The van der Waals surface area contributed by atoms with Crippen molar-refractivity contribution in [2.45, 2.75) is 71.8 Å². The van der Waals surface area contributed by atoms with E-state index in [1.807, 2.05) is 20.8 Å². The van der Waals surface area contributed by atoms with Crippen LogP contribution >= 0.6 is 0 Å². The smallest absolute Gasteiger partial charge is 0.253 e. The maximum atomic E-state index is 13.2. The number of benzene rings is 1. The summed E-state index contributed by atoms with van der Waals surface area (Å²) < 4.78 is 13.9. The van der Waals surface area contributed by atoms with Crippen molar-refractivity contribution in [3.8, 4) is 5.75 Å². The summed E-state index contributed by atoms with van der Waals surface area (Å²) in [7, 11) is 0. The number of nitrogens with zero attached hydrogens (tertiary/aromatic N) is 6. The Balaban J connectivity index is 1.03. The lowest BCUT2D eigenvalue weighted by atomic mass is 9.78. The number of anilines is 1. The Kier molecular flexibility index (Phi) is 7.66. The maximum Gasteiger partial charge on any atom is 0.253 e. The zero-order chi connectivity index (χ0) is 27.8. The van der Waals surface area contributed by atoms with Gasteiger partial charge in [-0.15, -0.1) is 5.10 Å². The van der Waals surface area contributed by atoms with Gasteiger partial charge < -0.3 is 19.3 Å². The minimum absolute atomic E-state index is 0.104. The summed E-state index contributed by atoms with van der Waals surface area (Å²) in [4.78, 5) is 26.6. The van der Waals surface area contributed by atoms with Crippen LogP contribution in [0.2, 0.25) is 0 Å². The van der Waals surface area contributed by atoms with Crippen LogP contribution < -0.4 is 9.64 Å². The van der Waals surface area contributed by atoms with E-state index in [9.17, 15) is 4.79 Å². The van der Waals surface area contributed by atoms with Gasteiger partial charge in [0.15, 0.2) is 5.75 Å². The normalized spacial score (nSPS) is 25.8. The predicted molar refractivity (Wildman–Crippen MR) is 154 cm³/mol. The molecule has 1 saturated carbocycles. The van der Waals surface area contributed by atoms with E-state index >= 15 is 0 Å². The van der Waals surface area contributed by atoms with Gasteiger partial charge in [-0.1, -0.05) is 19.1 Å². The Morgan fingerprint density at radius 3 is 2.52 bits per heavy atom. The van der Waals surface area contributed by atoms with Crippen molar-refractivity contribution in [2.75, 3.05) is 44.3 Å². The van der Waals surface area contributed by atoms with Gasteiger partial charge in [0.2, 0.25) is 5.91 Å². The van der Waals surface area contributed by atoms with E-state index < -0.39 is 0 Å². The predicted octanol–water partition coefficient (Wildman–Crippen LogP) is 4.48. The highest BCUT2D eigenvalue weighted by molar-refractivity contribution is 5.79. The molecule has 0 radical (unpaired) electrons. The van der Waals surface area contributed by atoms with Gasteiger partial charge in [0.25, 0.3) is 5.78 Å². The van der Waals surface area contributed by atoms with Crippen LogP contribution in [0.4, 0.5) is 5.69 Å². The Bertz CT molecular complexity index is 1350. The molecule has 3 aliphatic rings. The molecular formula is C31H42N6O3. The number of hydrogen-bond donors (Lipinski definition) is 0. The first-order valence-electron chi connectivity index (χ1n) is 14.9. The highest BCUT2D eigenvalue weighted by Crippen LogP contribution is 2.37. The van der Waals surface area contributed by atoms with Crippen LogP contribution in [0, 0.1) is 32.6 Å². The number of hydrogen-bond acceptors (Lipinski definition) is 7. The van der Waals surface area contributed by atoms with E-state index in [1.165, 1.54) is 11.3 Å². The Morgan fingerprint density at radius 1 is 0.975 bits per heavy atom. The molecule has 0 bridgehead atoms. The molecule has 1 amide bonds. The zero-order valence-corrected chi connectivity index (χ0v) is 24.3. The highest BCUT2D eigenvalue weighted by atomic mass is 16.5. The van der Waals surface area contributed by atoms with Crippen LogP contribution in [0.5, 0.6) is 5.75 Å². The molecule has 0 spiro atoms. The van der Waals surface area contributed by atoms with Crippen LogP contribution in [0.25, 0.3) is 5.78 Å². The third kappa shape index (κ3) is 5.53. The molecule has 1 aromatic carbocycles. The maximum absolute atomic E-state index is 13.2. The first-order chi connectivity index (χ1) is 19.4. The summed E-state index contributed by atoms with van der Waals surface area (Å²) in [5.74, 6) is 3.60. The summed E-state index contributed by atoms with van der Waals surface area (Å²) in [6.45, 7) is 12.8. The van der Waals surface area contributed by atoms with Gasteiger partial charge in [-0.2, -0.15) is 9.50 Å². The zero-order valence-electron chi connectivity index (χ0n) is 24.3. The molecule has 40 heavy (non-hydrogen) atoms. The number of carbonyl (C=O) groups excluding carboxylic acids is 1. The van der Waals surface area contributed by atoms with Crippen LogP contribution in [0.3, 0.4) is 0 Å². The number of rotatable bonds is 5. The molecule has 9 heteroatoms. The van der Waals surface area contributed by atoms with Gasteiger partial charge in [-0.25, -0.2) is 4.98 Å². The van der Waals surface area contributed by atoms with Crippen molar-refractivity contribution in [1.29, 1.82) is 0 Å². The number of aromatic nitrogens is 4. The molecule has 2 aromatic heterocycles. The molecule has 2 aliphatic heterocycles. The van der Waals surface area contributed by atoms with Crippen LogP contribution in [-0.4, -0.2) is 75.9 Å². The molecule has 6 rings (SSSR count). The monoisotopic (exact) mass is 546 g/mol. The molecule has 0 unspecified atom stereocenters. The summed E-state index contributed by atoms with van der Waals surface area (Å²) in [6.07, 6.45) is 5.20. The SMILES string of the molecule is Cc1nc2nc(C)c(O[C@@H]3CCN(c4ccc(C5CCC(C(=O)N6CCOC[C@@H](C)C6)CC5)cc4)C3)c(C)n2n1. The average Bonchev–Trinajstić information content (AvgIpc) is 3.52. The van der Waals surface area contributed by atoms with Crippen molar-refractivity contribution >= 4 is 17.4 Å². The fraction of sp³-hybridized carbons (Fsp3) is 0.613. The van der Waals surface area contributed by atoms with Gasteiger partial charge in [0.05, 0.1) is 31.1 Å². The molecule has 3 fully saturated rings. The van der Waals surface area contributed by atoms with Crippen LogP contribution in [-0.2, 0) is 9.53 Å². The quantitative estimate of drug-likeness (QED) is 0.467. The minimum Gasteiger partial charge on any atom is -0.485 e. The van der Waals surface area contributed by atoms with Crippen LogP contribution in [0.1, 0.15) is 67.7 Å². The Labute approximate surface area is 236 Å². The van der Waals surface area contributed by atoms with E-state index in [4.69, 9.17) is 9.47 Å². The van der Waals surface area contributed by atoms with Gasteiger partial charge in [-0.05, 0) is 76.0 Å². The molecular weight excluding hydrogens is 504 g/mol. The summed E-state index contributed by atoms with van der Waals surface area (Å²) in [5, 5.41) is 4.47. The first-order valence-corrected chi connectivity index (χ1v) is 14.9. The number of aryl methyl sites for hydroxylation is 3. The molecule has 3 aromatic rings. The number of fused-ring (bicyclic) bond motifs is 1. The Morgan fingerprint density at radius 2 is 1.75 bits per heavy atom. The lowest BCUT2D eigenvalue weighted by Crippen LogP contribution is -2.40. The second-order valence-electron chi connectivity index (χ2n) is 12.1. The lowest BCUT2D eigenvalue weighted by Gasteiger charge is -2.32. The van der Waals surface area contributed by atoms with Crippen molar-refractivity contribution in [1.82, 2.24) is 24.5 Å². The van der Waals surface area contributed by atoms with Crippen LogP contribution in [0.15, 0.2) is 24.3 Å². The van der Waals surface area contributed by atoms with Gasteiger partial charge in [0, 0.05) is 37.7 Å². The van der Waals surface area contributed by atoms with E-state index in [1.54, 1.807) is 4.52 Å². The third-order valence-corrected chi connectivity index (χ3v) is 8.93. The first kappa shape index (κ1) is 27.0. The summed E-state index contributed by atoms with van der Waals surface area (Å²) in [5.41, 5.74) is 4.43. The molecule has 0 N–H and O–H groups in total. The lowest BCUT2D eigenvalue weighted by molar-refractivity contribution is -0.137. The van der Waals surface area contributed by atoms with Crippen molar-refractivity contribution in [3.63, 3.8) is 0 Å². The molecule has 1 aliphatic carbocycles. The van der Waals surface area contributed by atoms with Crippen molar-refractivity contribution in [2.24, 2.45) is 11.8 Å². The van der Waals surface area contributed by atoms with E-state index in [-0.39, 0.29) is 12.0 Å². The molecule has 214 valence electrons. The molecule has 2 atom stereocenters. The van der Waals surface area contributed by atoms with E-state index in [2.05, 4.69) is 56.1 Å². The van der Waals surface area contributed by atoms with Gasteiger partial charge in [-0.3, -0.25) is 4.79 Å². The van der Waals surface area contributed by atoms with E-state index in [0.717, 1.165) is 82.0 Å². The number of carbonyl (C=O) groups is 1. The Hall–Kier alpha value is -3.20. The third-order valence-electron chi connectivity index (χ3n) is 8.93. The fourth-order valence-electron chi connectivity index (χ4n) is 6.72. The van der Waals surface area contributed by atoms with Gasteiger partial charge in [0.1, 0.15) is 11.9 Å². The molecule has 4 heterocycles. The topological polar surface area (TPSA) is 85.1 Å². The van der Waals surface area contributed by atoms with E-state index in [0.29, 0.717) is 36.0 Å². The minimum atomic E-state index is 0.104. The second kappa shape index (κ2) is 11.4. The summed E-state index contributed by atoms with van der Waals surface area (Å²) in [6, 6.07) is 9.11. The number of ether oxygens (including phenoxy) is 2. The fourth-order valence-corrected chi connectivity index (χ4v) is 6.72. The summed E-state index contributed by atoms with van der Waals surface area (Å²) >= 11 is 0. The van der Waals surface area contributed by atoms with Gasteiger partial charge >= 0.3 is 0 Å². The van der Waals surface area contributed by atoms with Crippen molar-refractivity contribution in [3.05, 3.63) is 47.0 Å². The second-order valence-corrected chi connectivity index (χ2v) is 12.1. The van der Waals surface area contributed by atoms with Crippen molar-refractivity contribution < 1.29 is 14.3 Å². The average molecular weight is 547 g/mol. The molecule has 9 nitrogen and oxygen atoms in total. The largest absolute Gasteiger partial charge is 0.485 e. The highest BCUT2D eigenvalue weighted by Gasteiger charge is 2.32. The molecule has 2 saturated heterocycles.